The van der Waals surface area contributed by atoms with Gasteiger partial charge >= 0.3 is 5.97 Å². The third-order valence-electron chi connectivity index (χ3n) is 3.87. The molecule has 0 heterocycles. The van der Waals surface area contributed by atoms with Gasteiger partial charge in [0.15, 0.2) is 24.1 Å². The second-order valence-corrected chi connectivity index (χ2v) is 5.79. The van der Waals surface area contributed by atoms with Crippen LogP contribution in [0.5, 0.6) is 0 Å². The molecule has 28 heavy (non-hydrogen) atoms. The number of hydrogen-bond acceptors (Lipinski definition) is 3. The van der Waals surface area contributed by atoms with Crippen molar-refractivity contribution in [3.63, 3.8) is 0 Å². The number of halogens is 3. The first-order chi connectivity index (χ1) is 13.5. The maximum absolute atomic E-state index is 13.5. The molecule has 0 aliphatic heterocycles. The van der Waals surface area contributed by atoms with Crippen molar-refractivity contribution in [2.24, 2.45) is 0 Å². The van der Waals surface area contributed by atoms with Crippen LogP contribution in [0.2, 0.25) is 0 Å². The van der Waals surface area contributed by atoms with E-state index in [1.54, 1.807) is 24.3 Å². The van der Waals surface area contributed by atoms with Gasteiger partial charge in [-0.3, -0.25) is 4.79 Å². The Labute approximate surface area is 158 Å². The topological polar surface area (TPSA) is 55.4 Å². The molecule has 0 radical (unpaired) electrons. The van der Waals surface area contributed by atoms with Gasteiger partial charge in [0.2, 0.25) is 0 Å². The summed E-state index contributed by atoms with van der Waals surface area (Å²) < 4.78 is 44.4. The number of ether oxygens (including phenoxy) is 1. The highest BCUT2D eigenvalue weighted by atomic mass is 19.2. The highest BCUT2D eigenvalue weighted by Crippen LogP contribution is 2.20. The van der Waals surface area contributed by atoms with Crippen molar-refractivity contribution < 1.29 is 27.5 Å². The van der Waals surface area contributed by atoms with E-state index in [-0.39, 0.29) is 5.56 Å². The van der Waals surface area contributed by atoms with Gasteiger partial charge in [-0.15, -0.1) is 0 Å². The number of carbonyl (C=O) groups excluding carboxylic acids is 2. The lowest BCUT2D eigenvalue weighted by Gasteiger charge is -2.08. The third kappa shape index (κ3) is 4.37. The first kappa shape index (κ1) is 19.2. The maximum Gasteiger partial charge on any atom is 0.338 e. The van der Waals surface area contributed by atoms with Crippen LogP contribution in [0.15, 0.2) is 66.7 Å². The van der Waals surface area contributed by atoms with Gasteiger partial charge in [0.1, 0.15) is 0 Å². The van der Waals surface area contributed by atoms with Gasteiger partial charge in [-0.05, 0) is 35.4 Å². The van der Waals surface area contributed by atoms with E-state index in [0.29, 0.717) is 6.07 Å². The monoisotopic (exact) mass is 385 g/mol. The summed E-state index contributed by atoms with van der Waals surface area (Å²) in [6.45, 7) is -0.711. The normalized spacial score (nSPS) is 10.4. The molecule has 0 atom stereocenters. The lowest BCUT2D eigenvalue weighted by Crippen LogP contribution is -2.21. The summed E-state index contributed by atoms with van der Waals surface area (Å²) in [5, 5.41) is 2.02. The van der Waals surface area contributed by atoms with Crippen LogP contribution < -0.4 is 5.32 Å². The van der Waals surface area contributed by atoms with Gasteiger partial charge in [-0.2, -0.15) is 0 Å². The molecule has 0 aromatic heterocycles. The highest BCUT2D eigenvalue weighted by molar-refractivity contribution is 5.95. The molecule has 3 rings (SSSR count). The quantitative estimate of drug-likeness (QED) is 0.517. The van der Waals surface area contributed by atoms with E-state index in [0.717, 1.165) is 17.2 Å². The molecule has 0 aliphatic carbocycles. The van der Waals surface area contributed by atoms with Crippen LogP contribution in [-0.4, -0.2) is 18.5 Å². The fourth-order valence-electron chi connectivity index (χ4n) is 2.45. The predicted molar refractivity (Wildman–Crippen MR) is 97.1 cm³/mol. The molecule has 1 amide bonds. The second-order valence-electron chi connectivity index (χ2n) is 5.79. The number of nitrogens with one attached hydrogen (secondary N) is 1. The van der Waals surface area contributed by atoms with Crippen molar-refractivity contribution in [2.45, 2.75) is 0 Å². The molecule has 1 N–H and O–H groups in total. The van der Waals surface area contributed by atoms with E-state index in [2.05, 4.69) is 0 Å². The highest BCUT2D eigenvalue weighted by Gasteiger charge is 2.16. The maximum atomic E-state index is 13.5. The Morgan fingerprint density at radius 1 is 0.786 bits per heavy atom. The SMILES string of the molecule is O=C(COC(=O)c1ccc(-c2ccccc2)cc1)Nc1ccc(F)c(F)c1F. The molecule has 0 aliphatic rings. The molecule has 0 spiro atoms. The second kappa shape index (κ2) is 8.39. The largest absolute Gasteiger partial charge is 0.452 e. The minimum atomic E-state index is -1.70. The van der Waals surface area contributed by atoms with Crippen molar-refractivity contribution in [3.8, 4) is 11.1 Å². The Kier molecular flexibility index (Phi) is 5.74. The number of amides is 1. The number of hydrogen-bond donors (Lipinski definition) is 1. The van der Waals surface area contributed by atoms with Gasteiger partial charge in [0.05, 0.1) is 11.3 Å². The number of anilines is 1. The molecule has 3 aromatic carbocycles. The minimum absolute atomic E-state index is 0.228. The summed E-state index contributed by atoms with van der Waals surface area (Å²) in [6, 6.07) is 17.7. The molecule has 0 fully saturated rings. The Morgan fingerprint density at radius 3 is 2.11 bits per heavy atom. The molecule has 0 bridgehead atoms. The first-order valence-electron chi connectivity index (χ1n) is 8.21. The Morgan fingerprint density at radius 2 is 1.43 bits per heavy atom. The van der Waals surface area contributed by atoms with E-state index in [9.17, 15) is 22.8 Å². The Bertz CT molecular complexity index is 1010. The van der Waals surface area contributed by atoms with E-state index in [1.807, 2.05) is 35.6 Å². The summed E-state index contributed by atoms with van der Waals surface area (Å²) in [5.41, 5.74) is 1.57. The molecule has 4 nitrogen and oxygen atoms in total. The van der Waals surface area contributed by atoms with E-state index in [1.165, 1.54) is 0 Å². The molecule has 0 saturated heterocycles. The van der Waals surface area contributed by atoms with Crippen LogP contribution in [-0.2, 0) is 9.53 Å². The van der Waals surface area contributed by atoms with Crippen LogP contribution in [0.1, 0.15) is 10.4 Å². The number of rotatable bonds is 5. The summed E-state index contributed by atoms with van der Waals surface area (Å²) in [5.74, 6) is -6.25. The summed E-state index contributed by atoms with van der Waals surface area (Å²) in [7, 11) is 0. The molecular weight excluding hydrogens is 371 g/mol. The van der Waals surface area contributed by atoms with Crippen molar-refractivity contribution >= 4 is 17.6 Å². The van der Waals surface area contributed by atoms with Crippen LogP contribution in [0.4, 0.5) is 18.9 Å². The fourth-order valence-corrected chi connectivity index (χ4v) is 2.45. The van der Waals surface area contributed by atoms with Gasteiger partial charge in [0, 0.05) is 0 Å². The summed E-state index contributed by atoms with van der Waals surface area (Å²) in [4.78, 5) is 23.8. The van der Waals surface area contributed by atoms with Gasteiger partial charge < -0.3 is 10.1 Å². The van der Waals surface area contributed by atoms with Crippen molar-refractivity contribution in [2.75, 3.05) is 11.9 Å². The Balaban J connectivity index is 1.58. The van der Waals surface area contributed by atoms with Crippen molar-refractivity contribution in [1.82, 2.24) is 0 Å². The van der Waals surface area contributed by atoms with Gasteiger partial charge in [-0.25, -0.2) is 18.0 Å². The van der Waals surface area contributed by atoms with Crippen LogP contribution in [0.3, 0.4) is 0 Å². The molecular formula is C21H14F3NO3. The number of esters is 1. The average molecular weight is 385 g/mol. The Hall–Kier alpha value is -3.61. The minimum Gasteiger partial charge on any atom is -0.452 e. The van der Waals surface area contributed by atoms with Crippen molar-refractivity contribution in [1.29, 1.82) is 0 Å². The standard InChI is InChI=1S/C21H14F3NO3/c22-16-10-11-17(20(24)19(16)23)25-18(26)12-28-21(27)15-8-6-14(7-9-15)13-4-2-1-3-5-13/h1-11H,12H2,(H,25,26). The van der Waals surface area contributed by atoms with Gasteiger partial charge in [-0.1, -0.05) is 42.5 Å². The fraction of sp³-hybridized carbons (Fsp3) is 0.0476. The van der Waals surface area contributed by atoms with E-state index < -0.39 is 41.6 Å². The summed E-state index contributed by atoms with van der Waals surface area (Å²) in [6.07, 6.45) is 0. The lowest BCUT2D eigenvalue weighted by molar-refractivity contribution is -0.119. The van der Waals surface area contributed by atoms with Crippen molar-refractivity contribution in [3.05, 3.63) is 89.7 Å². The molecule has 0 unspecified atom stereocenters. The van der Waals surface area contributed by atoms with Crippen LogP contribution in [0.25, 0.3) is 11.1 Å². The zero-order valence-corrected chi connectivity index (χ0v) is 14.4. The molecule has 0 saturated carbocycles. The van der Waals surface area contributed by atoms with Crippen LogP contribution in [0, 0.1) is 17.5 Å². The number of benzene rings is 3. The lowest BCUT2D eigenvalue weighted by atomic mass is 10.0. The molecule has 7 heteroatoms. The molecule has 3 aromatic rings. The van der Waals surface area contributed by atoms with E-state index >= 15 is 0 Å². The van der Waals surface area contributed by atoms with Crippen LogP contribution >= 0.6 is 0 Å². The predicted octanol–water partition coefficient (Wildman–Crippen LogP) is 4.57. The average Bonchev–Trinajstić information content (AvgIpc) is 2.73. The molecule has 142 valence electrons. The first-order valence-corrected chi connectivity index (χ1v) is 8.21. The number of carbonyl (C=O) groups is 2. The smallest absolute Gasteiger partial charge is 0.338 e. The van der Waals surface area contributed by atoms with E-state index in [4.69, 9.17) is 4.74 Å². The zero-order valence-electron chi connectivity index (χ0n) is 14.4. The zero-order chi connectivity index (χ0) is 20.1. The summed E-state index contributed by atoms with van der Waals surface area (Å²) >= 11 is 0. The third-order valence-corrected chi connectivity index (χ3v) is 3.87. The van der Waals surface area contributed by atoms with Gasteiger partial charge in [0.25, 0.3) is 5.91 Å².